The van der Waals surface area contributed by atoms with Crippen molar-refractivity contribution in [1.29, 1.82) is 0 Å². The third-order valence-electron chi connectivity index (χ3n) is 3.12. The molecule has 2 rings (SSSR count). The van der Waals surface area contributed by atoms with Crippen LogP contribution in [0, 0.1) is 6.92 Å². The lowest BCUT2D eigenvalue weighted by Crippen LogP contribution is -2.13. The third kappa shape index (κ3) is 4.35. The molecular weight excluding hydrogens is 248 g/mol. The summed E-state index contributed by atoms with van der Waals surface area (Å²) in [6.45, 7) is 6.67. The van der Waals surface area contributed by atoms with Crippen LogP contribution in [-0.4, -0.2) is 18.1 Å². The Morgan fingerprint density at radius 1 is 1.20 bits per heavy atom. The van der Waals surface area contributed by atoms with Crippen molar-refractivity contribution in [2.75, 3.05) is 13.2 Å². The van der Waals surface area contributed by atoms with Crippen molar-refractivity contribution in [1.82, 2.24) is 10.3 Å². The maximum absolute atomic E-state index is 5.91. The van der Waals surface area contributed by atoms with Crippen LogP contribution >= 0.6 is 0 Å². The van der Waals surface area contributed by atoms with Gasteiger partial charge in [0.05, 0.1) is 6.61 Å². The van der Waals surface area contributed by atoms with Crippen molar-refractivity contribution >= 4 is 0 Å². The lowest BCUT2D eigenvalue weighted by Gasteiger charge is -2.12. The van der Waals surface area contributed by atoms with Crippen molar-refractivity contribution in [3.8, 4) is 5.75 Å². The molecule has 0 aliphatic carbocycles. The summed E-state index contributed by atoms with van der Waals surface area (Å²) in [5.74, 6) is 0.965. The van der Waals surface area contributed by atoms with E-state index in [1.54, 1.807) is 0 Å². The summed E-state index contributed by atoms with van der Waals surface area (Å²) < 4.78 is 5.91. The van der Waals surface area contributed by atoms with Gasteiger partial charge < -0.3 is 10.1 Å². The van der Waals surface area contributed by atoms with Crippen molar-refractivity contribution in [3.63, 3.8) is 0 Å². The summed E-state index contributed by atoms with van der Waals surface area (Å²) in [6.07, 6.45) is 2.65. The molecule has 1 N–H and O–H groups in total. The van der Waals surface area contributed by atoms with Crippen LogP contribution in [0.2, 0.25) is 0 Å². The Morgan fingerprint density at radius 2 is 2.10 bits per heavy atom. The first-order valence-electron chi connectivity index (χ1n) is 7.12. The lowest BCUT2D eigenvalue weighted by molar-refractivity contribution is 0.316. The fourth-order valence-corrected chi connectivity index (χ4v) is 2.06. The minimum absolute atomic E-state index is 0.652. The zero-order valence-electron chi connectivity index (χ0n) is 12.2. The number of hydrogen-bond donors (Lipinski definition) is 1. The Balaban J connectivity index is 1.94. The third-order valence-corrected chi connectivity index (χ3v) is 3.12. The number of aromatic nitrogens is 1. The van der Waals surface area contributed by atoms with Gasteiger partial charge in [-0.1, -0.05) is 30.7 Å². The summed E-state index contributed by atoms with van der Waals surface area (Å²) in [5, 5.41) is 3.35. The van der Waals surface area contributed by atoms with Gasteiger partial charge in [0.1, 0.15) is 5.75 Å². The standard InChI is InChI=1S/C17H22N2O/c1-3-18-13-15-12-14(2)7-8-17(15)20-11-9-16-6-4-5-10-19-16/h4-8,10,12,18H,3,9,11,13H2,1-2H3. The predicted molar refractivity (Wildman–Crippen MR) is 82.0 cm³/mol. The van der Waals surface area contributed by atoms with Crippen LogP contribution in [0.1, 0.15) is 23.7 Å². The summed E-state index contributed by atoms with van der Waals surface area (Å²) in [6, 6.07) is 12.3. The van der Waals surface area contributed by atoms with Crippen LogP contribution in [0.15, 0.2) is 42.6 Å². The van der Waals surface area contributed by atoms with Gasteiger partial charge in [0.25, 0.3) is 0 Å². The molecule has 2 aromatic rings. The molecule has 106 valence electrons. The van der Waals surface area contributed by atoms with Crippen LogP contribution in [-0.2, 0) is 13.0 Å². The molecule has 0 atom stereocenters. The normalized spacial score (nSPS) is 10.5. The summed E-state index contributed by atoms with van der Waals surface area (Å²) >= 11 is 0. The van der Waals surface area contributed by atoms with Gasteiger partial charge in [0, 0.05) is 30.4 Å². The molecule has 0 amide bonds. The fourth-order valence-electron chi connectivity index (χ4n) is 2.06. The fraction of sp³-hybridized carbons (Fsp3) is 0.353. The van der Waals surface area contributed by atoms with E-state index in [1.807, 2.05) is 24.4 Å². The van der Waals surface area contributed by atoms with Gasteiger partial charge in [-0.25, -0.2) is 0 Å². The van der Waals surface area contributed by atoms with Crippen LogP contribution in [0.3, 0.4) is 0 Å². The van der Waals surface area contributed by atoms with E-state index in [0.29, 0.717) is 6.61 Å². The molecule has 3 heteroatoms. The maximum atomic E-state index is 5.91. The van der Waals surface area contributed by atoms with Gasteiger partial charge in [-0.2, -0.15) is 0 Å². The van der Waals surface area contributed by atoms with Crippen molar-refractivity contribution < 1.29 is 4.74 Å². The Bertz CT molecular complexity index is 526. The van der Waals surface area contributed by atoms with Gasteiger partial charge >= 0.3 is 0 Å². The first kappa shape index (κ1) is 14.5. The van der Waals surface area contributed by atoms with E-state index in [4.69, 9.17) is 4.74 Å². The average Bonchev–Trinajstić information content (AvgIpc) is 2.48. The van der Waals surface area contributed by atoms with Gasteiger partial charge in [-0.05, 0) is 31.7 Å². The molecule has 1 heterocycles. The molecule has 0 radical (unpaired) electrons. The quantitative estimate of drug-likeness (QED) is 0.839. The Kier molecular flexibility index (Phi) is 5.56. The van der Waals surface area contributed by atoms with Crippen molar-refractivity contribution in [2.45, 2.75) is 26.8 Å². The molecule has 0 aliphatic rings. The number of nitrogens with zero attached hydrogens (tertiary/aromatic N) is 1. The second-order valence-corrected chi connectivity index (χ2v) is 4.81. The van der Waals surface area contributed by atoms with E-state index in [2.05, 4.69) is 42.3 Å². The predicted octanol–water partition coefficient (Wildman–Crippen LogP) is 3.12. The van der Waals surface area contributed by atoms with E-state index in [9.17, 15) is 0 Å². The second kappa shape index (κ2) is 7.65. The first-order chi connectivity index (χ1) is 9.79. The van der Waals surface area contributed by atoms with E-state index in [0.717, 1.165) is 31.0 Å². The summed E-state index contributed by atoms with van der Waals surface area (Å²) in [5.41, 5.74) is 3.54. The lowest BCUT2D eigenvalue weighted by atomic mass is 10.1. The molecule has 1 aromatic heterocycles. The molecule has 0 saturated heterocycles. The molecule has 1 aromatic carbocycles. The summed E-state index contributed by atoms with van der Waals surface area (Å²) in [7, 11) is 0. The van der Waals surface area contributed by atoms with Gasteiger partial charge in [-0.3, -0.25) is 4.98 Å². The van der Waals surface area contributed by atoms with Crippen molar-refractivity contribution in [3.05, 3.63) is 59.4 Å². The molecule has 0 unspecified atom stereocenters. The molecule has 20 heavy (non-hydrogen) atoms. The molecule has 0 fully saturated rings. The average molecular weight is 270 g/mol. The molecular formula is C17H22N2O. The highest BCUT2D eigenvalue weighted by molar-refractivity contribution is 5.36. The minimum Gasteiger partial charge on any atom is -0.493 e. The molecule has 0 saturated carbocycles. The van der Waals surface area contributed by atoms with Crippen LogP contribution in [0.25, 0.3) is 0 Å². The van der Waals surface area contributed by atoms with Crippen LogP contribution in [0.5, 0.6) is 5.75 Å². The Morgan fingerprint density at radius 3 is 2.85 bits per heavy atom. The van der Waals surface area contributed by atoms with Crippen LogP contribution in [0.4, 0.5) is 0 Å². The number of nitrogens with one attached hydrogen (secondary N) is 1. The number of aryl methyl sites for hydroxylation is 1. The number of pyridine rings is 1. The number of ether oxygens (including phenoxy) is 1. The van der Waals surface area contributed by atoms with Crippen LogP contribution < -0.4 is 10.1 Å². The molecule has 0 spiro atoms. The molecule has 0 bridgehead atoms. The Hall–Kier alpha value is -1.87. The van der Waals surface area contributed by atoms with E-state index >= 15 is 0 Å². The second-order valence-electron chi connectivity index (χ2n) is 4.81. The largest absolute Gasteiger partial charge is 0.493 e. The maximum Gasteiger partial charge on any atom is 0.123 e. The van der Waals surface area contributed by atoms with E-state index in [-0.39, 0.29) is 0 Å². The van der Waals surface area contributed by atoms with Gasteiger partial charge in [-0.15, -0.1) is 0 Å². The van der Waals surface area contributed by atoms with E-state index < -0.39 is 0 Å². The summed E-state index contributed by atoms with van der Waals surface area (Å²) in [4.78, 5) is 4.30. The highest BCUT2D eigenvalue weighted by Crippen LogP contribution is 2.20. The number of benzene rings is 1. The molecule has 0 aliphatic heterocycles. The van der Waals surface area contributed by atoms with Gasteiger partial charge in [0.2, 0.25) is 0 Å². The molecule has 3 nitrogen and oxygen atoms in total. The zero-order valence-corrected chi connectivity index (χ0v) is 12.2. The monoisotopic (exact) mass is 270 g/mol. The SMILES string of the molecule is CCNCc1cc(C)ccc1OCCc1ccccn1. The highest BCUT2D eigenvalue weighted by Gasteiger charge is 2.04. The zero-order chi connectivity index (χ0) is 14.2. The topological polar surface area (TPSA) is 34.1 Å². The number of rotatable bonds is 7. The van der Waals surface area contributed by atoms with Crippen molar-refractivity contribution in [2.24, 2.45) is 0 Å². The first-order valence-corrected chi connectivity index (χ1v) is 7.12. The number of hydrogen-bond acceptors (Lipinski definition) is 3. The highest BCUT2D eigenvalue weighted by atomic mass is 16.5. The smallest absolute Gasteiger partial charge is 0.123 e. The van der Waals surface area contributed by atoms with E-state index in [1.165, 1.54) is 11.1 Å². The van der Waals surface area contributed by atoms with Gasteiger partial charge in [0.15, 0.2) is 0 Å². The Labute approximate surface area is 121 Å². The minimum atomic E-state index is 0.652.